The fourth-order valence-electron chi connectivity index (χ4n) is 1.26. The monoisotopic (exact) mass is 239 g/mol. The van der Waals surface area contributed by atoms with Crippen molar-refractivity contribution in [1.29, 1.82) is 0 Å². The van der Waals surface area contributed by atoms with E-state index in [1.807, 2.05) is 20.8 Å². The van der Waals surface area contributed by atoms with E-state index >= 15 is 0 Å². The Balaban J connectivity index is 4.37. The predicted octanol–water partition coefficient (Wildman–Crippen LogP) is 1.45. The van der Waals surface area contributed by atoms with Crippen molar-refractivity contribution in [2.45, 2.75) is 20.8 Å². The van der Waals surface area contributed by atoms with Crippen molar-refractivity contribution in [3.05, 3.63) is 0 Å². The Morgan fingerprint density at radius 2 is 1.21 bits per heavy atom. The topological polar surface area (TPSA) is 27.7 Å². The number of hydrogen-bond acceptors (Lipinski definition) is 3. The highest BCUT2D eigenvalue weighted by atomic mass is 32.2. The van der Waals surface area contributed by atoms with Gasteiger partial charge in [-0.25, -0.2) is 0 Å². The average Bonchev–Trinajstić information content (AvgIpc) is 2.03. The molecule has 0 saturated carbocycles. The third-order valence-electron chi connectivity index (χ3n) is 1.56. The molecular weight excluding hydrogens is 216 g/mol. The molecule has 0 amide bonds. The van der Waals surface area contributed by atoms with Gasteiger partial charge in [0.25, 0.3) is 0 Å². The van der Waals surface area contributed by atoms with E-state index in [0.717, 1.165) is 5.38 Å². The highest BCUT2D eigenvalue weighted by molar-refractivity contribution is 7.96. The van der Waals surface area contributed by atoms with Crippen molar-refractivity contribution < 1.29 is 13.3 Å². The molecule has 0 unspecified atom stereocenters. The lowest BCUT2D eigenvalue weighted by Crippen LogP contribution is -2.52. The van der Waals surface area contributed by atoms with Crippen LogP contribution in [0.1, 0.15) is 20.8 Å². The minimum absolute atomic E-state index is 0.297. The molecule has 14 heavy (non-hydrogen) atoms. The zero-order valence-electron chi connectivity index (χ0n) is 9.96. The summed E-state index contributed by atoms with van der Waals surface area (Å²) in [6.07, 6.45) is 4.39. The van der Waals surface area contributed by atoms with E-state index in [9.17, 15) is 0 Å². The highest BCUT2D eigenvalue weighted by Crippen LogP contribution is 2.12. The first kappa shape index (κ1) is 14.4. The lowest BCUT2D eigenvalue weighted by molar-refractivity contribution is 0.0772. The zero-order chi connectivity index (χ0) is 11.0. The summed E-state index contributed by atoms with van der Waals surface area (Å²) in [6.45, 7) is 7.98. The maximum absolute atomic E-state index is 5.72. The Kier molecular flexibility index (Phi) is 7.95. The molecule has 0 aliphatic rings. The third-order valence-corrected chi connectivity index (χ3v) is 7.47. The summed E-state index contributed by atoms with van der Waals surface area (Å²) in [5, 5.41) is 0.933. The van der Waals surface area contributed by atoms with Crippen molar-refractivity contribution >= 4 is 19.7 Å². The van der Waals surface area contributed by atoms with E-state index in [1.54, 1.807) is 0 Å². The van der Waals surface area contributed by atoms with Crippen molar-refractivity contribution in [3.8, 4) is 0 Å². The molecule has 0 heterocycles. The first-order chi connectivity index (χ1) is 6.60. The Hall–Kier alpha value is 0.447. The number of rotatable bonds is 8. The molecule has 3 nitrogen and oxygen atoms in total. The molecule has 0 atom stereocenters. The van der Waals surface area contributed by atoms with E-state index in [2.05, 4.69) is 12.5 Å². The van der Waals surface area contributed by atoms with Crippen LogP contribution in [0.25, 0.3) is 0 Å². The molecular formula is C9H23O3SSi+. The highest BCUT2D eigenvalue weighted by Gasteiger charge is 2.45. The van der Waals surface area contributed by atoms with E-state index in [4.69, 9.17) is 13.3 Å². The van der Waals surface area contributed by atoms with E-state index in [0.29, 0.717) is 30.7 Å². The molecule has 0 aromatic heterocycles. The summed E-state index contributed by atoms with van der Waals surface area (Å²) in [7, 11) is -2.05. The van der Waals surface area contributed by atoms with Crippen LogP contribution in [-0.4, -0.2) is 46.5 Å². The van der Waals surface area contributed by atoms with Crippen molar-refractivity contribution in [2.24, 2.45) is 0 Å². The first-order valence-electron chi connectivity index (χ1n) is 5.06. The van der Waals surface area contributed by atoms with Crippen LogP contribution in [0.3, 0.4) is 0 Å². The van der Waals surface area contributed by atoms with Crippen molar-refractivity contribution in [2.75, 3.05) is 37.7 Å². The standard InChI is InChI=1S/C9H23O3SSi/c1-6-10-14(11-7-2,12-8-3)9-13(4)5/h6-9H2,1-5H3/q+1. The quantitative estimate of drug-likeness (QED) is 0.474. The van der Waals surface area contributed by atoms with Crippen LogP contribution < -0.4 is 0 Å². The van der Waals surface area contributed by atoms with Gasteiger partial charge in [0.2, 0.25) is 0 Å². The van der Waals surface area contributed by atoms with Gasteiger partial charge in [0.15, 0.2) is 5.38 Å². The smallest absolute Gasteiger partial charge is 0.371 e. The lowest BCUT2D eigenvalue weighted by Gasteiger charge is -2.26. The minimum atomic E-state index is -2.35. The summed E-state index contributed by atoms with van der Waals surface area (Å²) < 4.78 is 17.2. The Bertz CT molecular complexity index is 127. The first-order valence-corrected chi connectivity index (χ1v) is 9.20. The molecule has 0 rings (SSSR count). The van der Waals surface area contributed by atoms with Gasteiger partial charge < -0.3 is 13.3 Å². The van der Waals surface area contributed by atoms with Crippen LogP contribution in [0.2, 0.25) is 0 Å². The van der Waals surface area contributed by atoms with Gasteiger partial charge in [-0.2, -0.15) is 0 Å². The second-order valence-electron chi connectivity index (χ2n) is 3.11. The molecule has 0 saturated heterocycles. The molecule has 0 radical (unpaired) electrons. The van der Waals surface area contributed by atoms with Gasteiger partial charge in [-0.05, 0) is 31.7 Å². The maximum Gasteiger partial charge on any atom is 0.553 e. The molecule has 0 aromatic rings. The van der Waals surface area contributed by atoms with Gasteiger partial charge >= 0.3 is 8.80 Å². The van der Waals surface area contributed by atoms with Gasteiger partial charge in [-0.1, -0.05) is 0 Å². The molecule has 0 fully saturated rings. The van der Waals surface area contributed by atoms with Crippen molar-refractivity contribution in [1.82, 2.24) is 0 Å². The summed E-state index contributed by atoms with van der Waals surface area (Å²) in [5.74, 6) is 0. The second kappa shape index (κ2) is 7.70. The normalized spacial score (nSPS) is 12.4. The van der Waals surface area contributed by atoms with Crippen LogP contribution >= 0.6 is 0 Å². The summed E-state index contributed by atoms with van der Waals surface area (Å²) in [5.41, 5.74) is 0. The van der Waals surface area contributed by atoms with Crippen LogP contribution in [0, 0.1) is 0 Å². The molecule has 0 spiro atoms. The predicted molar refractivity (Wildman–Crippen MR) is 64.7 cm³/mol. The third kappa shape index (κ3) is 5.36. The maximum atomic E-state index is 5.72. The Morgan fingerprint density at radius 3 is 1.43 bits per heavy atom. The summed E-state index contributed by atoms with van der Waals surface area (Å²) in [6, 6.07) is 0. The zero-order valence-corrected chi connectivity index (χ0v) is 11.8. The van der Waals surface area contributed by atoms with Crippen LogP contribution in [0.5, 0.6) is 0 Å². The van der Waals surface area contributed by atoms with E-state index in [1.165, 1.54) is 0 Å². The fraction of sp³-hybridized carbons (Fsp3) is 1.00. The van der Waals surface area contributed by atoms with Gasteiger partial charge in [0.1, 0.15) is 0 Å². The molecule has 0 N–H and O–H groups in total. The molecule has 0 bridgehead atoms. The number of hydrogen-bond donors (Lipinski definition) is 0. The lowest BCUT2D eigenvalue weighted by atomic mass is 10.9. The van der Waals surface area contributed by atoms with E-state index < -0.39 is 8.80 Å². The summed E-state index contributed by atoms with van der Waals surface area (Å²) in [4.78, 5) is 0. The molecule has 5 heteroatoms. The fourth-order valence-corrected chi connectivity index (χ4v) is 6.66. The van der Waals surface area contributed by atoms with E-state index in [-0.39, 0.29) is 0 Å². The van der Waals surface area contributed by atoms with Gasteiger partial charge in [0.05, 0.1) is 12.5 Å². The largest absolute Gasteiger partial charge is 0.553 e. The Labute approximate surface area is 91.8 Å². The second-order valence-corrected chi connectivity index (χ2v) is 8.47. The summed E-state index contributed by atoms with van der Waals surface area (Å²) >= 11 is 0. The van der Waals surface area contributed by atoms with Gasteiger partial charge in [-0.15, -0.1) is 0 Å². The van der Waals surface area contributed by atoms with Crippen LogP contribution in [0.15, 0.2) is 0 Å². The van der Waals surface area contributed by atoms with Crippen LogP contribution in [0.4, 0.5) is 0 Å². The molecule has 0 aliphatic heterocycles. The minimum Gasteiger partial charge on any atom is -0.371 e. The molecule has 0 aromatic carbocycles. The van der Waals surface area contributed by atoms with Gasteiger partial charge in [0, 0.05) is 19.8 Å². The molecule has 0 aliphatic carbocycles. The van der Waals surface area contributed by atoms with Gasteiger partial charge in [-0.3, -0.25) is 0 Å². The van der Waals surface area contributed by atoms with Crippen molar-refractivity contribution in [3.63, 3.8) is 0 Å². The average molecular weight is 239 g/mol. The van der Waals surface area contributed by atoms with Crippen LogP contribution in [-0.2, 0) is 24.2 Å². The SMILES string of the molecule is CCO[Si](C[S+](C)C)(OCC)OCC. The molecule has 86 valence electrons. The Morgan fingerprint density at radius 1 is 0.857 bits per heavy atom.